The van der Waals surface area contributed by atoms with Crippen LogP contribution in [0.25, 0.3) is 0 Å². The molecular weight excluding hydrogens is 306 g/mol. The maximum Gasteiger partial charge on any atom is 0.340 e. The second-order valence-corrected chi connectivity index (χ2v) is 5.47. The second kappa shape index (κ2) is 7.81. The van der Waals surface area contributed by atoms with E-state index in [9.17, 15) is 9.59 Å². The molecule has 0 radical (unpaired) electrons. The van der Waals surface area contributed by atoms with Crippen molar-refractivity contribution in [3.05, 3.63) is 58.3 Å². The van der Waals surface area contributed by atoms with E-state index in [4.69, 9.17) is 9.47 Å². The van der Waals surface area contributed by atoms with E-state index in [0.29, 0.717) is 22.4 Å². The zero-order valence-corrected chi connectivity index (χ0v) is 14.5. The van der Waals surface area contributed by atoms with Crippen molar-refractivity contribution in [2.24, 2.45) is 0 Å². The molecule has 0 amide bonds. The SMILES string of the molecule is CCOC(=O)C1=C(C)NC(c2ccccc2)C(C(=O)OCC)=C1C. The van der Waals surface area contributed by atoms with E-state index in [2.05, 4.69) is 5.32 Å². The average Bonchev–Trinajstić information content (AvgIpc) is 2.55. The molecule has 2 rings (SSSR count). The summed E-state index contributed by atoms with van der Waals surface area (Å²) in [6, 6.07) is 9.26. The fourth-order valence-electron chi connectivity index (χ4n) is 2.88. The summed E-state index contributed by atoms with van der Waals surface area (Å²) < 4.78 is 10.3. The van der Waals surface area contributed by atoms with Gasteiger partial charge in [-0.15, -0.1) is 0 Å². The smallest absolute Gasteiger partial charge is 0.340 e. The van der Waals surface area contributed by atoms with Crippen molar-refractivity contribution in [1.29, 1.82) is 0 Å². The fraction of sp³-hybridized carbons (Fsp3) is 0.368. The van der Waals surface area contributed by atoms with Gasteiger partial charge in [0.15, 0.2) is 0 Å². The van der Waals surface area contributed by atoms with E-state index in [1.807, 2.05) is 37.3 Å². The van der Waals surface area contributed by atoms with Gasteiger partial charge in [0, 0.05) is 5.70 Å². The summed E-state index contributed by atoms with van der Waals surface area (Å²) in [5.41, 5.74) is 3.05. The molecule has 0 saturated heterocycles. The first kappa shape index (κ1) is 17.8. The van der Waals surface area contributed by atoms with E-state index >= 15 is 0 Å². The van der Waals surface area contributed by atoms with Crippen LogP contribution < -0.4 is 5.32 Å². The number of esters is 2. The number of carbonyl (C=O) groups is 2. The highest BCUT2D eigenvalue weighted by molar-refractivity contribution is 6.00. The molecule has 24 heavy (non-hydrogen) atoms. The van der Waals surface area contributed by atoms with Crippen LogP contribution in [-0.2, 0) is 19.1 Å². The Balaban J connectivity index is 2.54. The Bertz CT molecular complexity index is 689. The molecular formula is C19H23NO4. The van der Waals surface area contributed by atoms with Crippen LogP contribution >= 0.6 is 0 Å². The van der Waals surface area contributed by atoms with Gasteiger partial charge in [0.1, 0.15) is 0 Å². The average molecular weight is 329 g/mol. The summed E-state index contributed by atoms with van der Waals surface area (Å²) in [7, 11) is 0. The molecule has 1 atom stereocenters. The fourth-order valence-corrected chi connectivity index (χ4v) is 2.88. The summed E-state index contributed by atoms with van der Waals surface area (Å²) >= 11 is 0. The Kier molecular flexibility index (Phi) is 5.79. The van der Waals surface area contributed by atoms with Gasteiger partial charge in [0.05, 0.1) is 30.4 Å². The minimum Gasteiger partial charge on any atom is -0.463 e. The Labute approximate surface area is 142 Å². The van der Waals surface area contributed by atoms with Crippen molar-refractivity contribution in [1.82, 2.24) is 5.32 Å². The summed E-state index contributed by atoms with van der Waals surface area (Å²) in [4.78, 5) is 24.8. The second-order valence-electron chi connectivity index (χ2n) is 5.47. The highest BCUT2D eigenvalue weighted by Gasteiger charge is 2.34. The van der Waals surface area contributed by atoms with Gasteiger partial charge in [-0.2, -0.15) is 0 Å². The molecule has 1 aromatic carbocycles. The lowest BCUT2D eigenvalue weighted by Gasteiger charge is -2.30. The van der Waals surface area contributed by atoms with Crippen LogP contribution in [0.3, 0.4) is 0 Å². The predicted octanol–water partition coefficient (Wildman–Crippen LogP) is 3.05. The lowest BCUT2D eigenvalue weighted by atomic mass is 9.87. The minimum atomic E-state index is -0.437. The molecule has 0 aliphatic carbocycles. The molecule has 128 valence electrons. The van der Waals surface area contributed by atoms with Gasteiger partial charge in [-0.05, 0) is 38.8 Å². The van der Waals surface area contributed by atoms with Gasteiger partial charge >= 0.3 is 11.9 Å². The lowest BCUT2D eigenvalue weighted by molar-refractivity contribution is -0.139. The third kappa shape index (κ3) is 3.50. The topological polar surface area (TPSA) is 64.6 Å². The molecule has 0 saturated carbocycles. The zero-order valence-electron chi connectivity index (χ0n) is 14.5. The normalized spacial score (nSPS) is 17.4. The monoisotopic (exact) mass is 329 g/mol. The molecule has 0 aromatic heterocycles. The summed E-state index contributed by atoms with van der Waals surface area (Å²) in [5.74, 6) is -0.862. The van der Waals surface area contributed by atoms with Crippen LogP contribution in [0.1, 0.15) is 39.3 Å². The van der Waals surface area contributed by atoms with Gasteiger partial charge in [-0.3, -0.25) is 0 Å². The van der Waals surface area contributed by atoms with Crippen LogP contribution in [0.4, 0.5) is 0 Å². The van der Waals surface area contributed by atoms with Crippen molar-refractivity contribution in [3.63, 3.8) is 0 Å². The van der Waals surface area contributed by atoms with Crippen LogP contribution in [-0.4, -0.2) is 25.2 Å². The van der Waals surface area contributed by atoms with E-state index in [-0.39, 0.29) is 19.3 Å². The van der Waals surface area contributed by atoms with Gasteiger partial charge in [0.2, 0.25) is 0 Å². The Morgan fingerprint density at radius 2 is 1.58 bits per heavy atom. The first-order valence-corrected chi connectivity index (χ1v) is 8.08. The molecule has 0 bridgehead atoms. The quantitative estimate of drug-likeness (QED) is 0.841. The van der Waals surface area contributed by atoms with Crippen LogP contribution in [0.5, 0.6) is 0 Å². The van der Waals surface area contributed by atoms with Gasteiger partial charge in [-0.1, -0.05) is 30.3 Å². The first-order valence-electron chi connectivity index (χ1n) is 8.08. The van der Waals surface area contributed by atoms with Crippen molar-refractivity contribution in [2.45, 2.75) is 33.7 Å². The largest absolute Gasteiger partial charge is 0.463 e. The van der Waals surface area contributed by atoms with Gasteiger partial charge in [-0.25, -0.2) is 9.59 Å². The Hall–Kier alpha value is -2.56. The molecule has 1 aliphatic rings. The number of ether oxygens (including phenoxy) is 2. The van der Waals surface area contributed by atoms with Gasteiger partial charge in [0.25, 0.3) is 0 Å². The molecule has 5 heteroatoms. The van der Waals surface area contributed by atoms with Crippen molar-refractivity contribution in [3.8, 4) is 0 Å². The summed E-state index contributed by atoms with van der Waals surface area (Å²) in [6.07, 6.45) is 0. The molecule has 5 nitrogen and oxygen atoms in total. The standard InChI is InChI=1S/C19H23NO4/c1-5-23-18(21)15-12(3)16(19(22)24-6-2)17(20-13(15)4)14-10-8-7-9-11-14/h7-11,17,20H,5-6H2,1-4H3. The molecule has 1 aromatic rings. The first-order chi connectivity index (χ1) is 11.5. The molecule has 0 fully saturated rings. The minimum absolute atomic E-state index is 0.272. The zero-order chi connectivity index (χ0) is 17.7. The highest BCUT2D eigenvalue weighted by atomic mass is 16.5. The number of hydrogen-bond acceptors (Lipinski definition) is 5. The number of carbonyl (C=O) groups excluding carboxylic acids is 2. The number of benzene rings is 1. The van der Waals surface area contributed by atoms with Crippen LogP contribution in [0.2, 0.25) is 0 Å². The van der Waals surface area contributed by atoms with Crippen molar-refractivity contribution < 1.29 is 19.1 Å². The third-order valence-electron chi connectivity index (χ3n) is 3.91. The lowest BCUT2D eigenvalue weighted by Crippen LogP contribution is -2.34. The Morgan fingerprint density at radius 3 is 2.17 bits per heavy atom. The molecule has 0 spiro atoms. The maximum atomic E-state index is 12.5. The molecule has 1 aliphatic heterocycles. The van der Waals surface area contributed by atoms with E-state index in [1.165, 1.54) is 0 Å². The number of rotatable bonds is 5. The molecule has 1 N–H and O–H groups in total. The van der Waals surface area contributed by atoms with Crippen molar-refractivity contribution in [2.75, 3.05) is 13.2 Å². The van der Waals surface area contributed by atoms with Crippen LogP contribution in [0.15, 0.2) is 52.7 Å². The third-order valence-corrected chi connectivity index (χ3v) is 3.91. The van der Waals surface area contributed by atoms with E-state index < -0.39 is 11.9 Å². The number of dihydropyridines is 1. The summed E-state index contributed by atoms with van der Waals surface area (Å²) in [5, 5.41) is 3.26. The summed E-state index contributed by atoms with van der Waals surface area (Å²) in [6.45, 7) is 7.64. The number of hydrogen-bond donors (Lipinski definition) is 1. The van der Waals surface area contributed by atoms with Gasteiger partial charge < -0.3 is 14.8 Å². The van der Waals surface area contributed by atoms with E-state index in [1.54, 1.807) is 20.8 Å². The molecule has 1 unspecified atom stereocenters. The molecule has 1 heterocycles. The predicted molar refractivity (Wildman–Crippen MR) is 91.0 cm³/mol. The number of allylic oxidation sites excluding steroid dienone is 1. The Morgan fingerprint density at radius 1 is 1.00 bits per heavy atom. The number of nitrogens with one attached hydrogen (secondary N) is 1. The highest BCUT2D eigenvalue weighted by Crippen LogP contribution is 2.35. The maximum absolute atomic E-state index is 12.5. The van der Waals surface area contributed by atoms with Crippen LogP contribution in [0, 0.1) is 0 Å². The van der Waals surface area contributed by atoms with Crippen molar-refractivity contribution >= 4 is 11.9 Å². The van der Waals surface area contributed by atoms with E-state index in [0.717, 1.165) is 5.56 Å².